The average molecular weight is 384 g/mol. The van der Waals surface area contributed by atoms with Crippen LogP contribution in [0.2, 0.25) is 0 Å². The van der Waals surface area contributed by atoms with Gasteiger partial charge in [-0.1, -0.05) is 72.8 Å². The summed E-state index contributed by atoms with van der Waals surface area (Å²) >= 11 is 0. The summed E-state index contributed by atoms with van der Waals surface area (Å²) in [5, 5.41) is 0. The van der Waals surface area contributed by atoms with E-state index in [9.17, 15) is 14.4 Å². The number of imide groups is 1. The van der Waals surface area contributed by atoms with Gasteiger partial charge in [0.15, 0.2) is 0 Å². The van der Waals surface area contributed by atoms with Gasteiger partial charge in [0.05, 0.1) is 11.1 Å². The zero-order valence-corrected chi connectivity index (χ0v) is 15.8. The van der Waals surface area contributed by atoms with E-state index in [0.29, 0.717) is 24.2 Å². The minimum Gasteiger partial charge on any atom is -0.332 e. The number of hydrogen-bond donors (Lipinski definition) is 0. The molecule has 5 heteroatoms. The Morgan fingerprint density at radius 2 is 1.07 bits per heavy atom. The summed E-state index contributed by atoms with van der Waals surface area (Å²) in [5.74, 6) is -1.11. The zero-order valence-electron chi connectivity index (χ0n) is 15.8. The molecule has 5 nitrogen and oxygen atoms in total. The van der Waals surface area contributed by atoms with E-state index in [2.05, 4.69) is 0 Å². The molecule has 1 aliphatic heterocycles. The standard InChI is InChI=1S/C24H20N2O3/c27-22(17-26-23(28)20-13-7-8-14-21(20)24(26)29)25(15-18-9-3-1-4-10-18)16-19-11-5-2-6-12-19/h1-14H,15-17H2. The maximum Gasteiger partial charge on any atom is 0.262 e. The number of rotatable bonds is 6. The molecule has 0 aliphatic carbocycles. The Labute approximate surface area is 169 Å². The first kappa shape index (κ1) is 18.6. The second-order valence-electron chi connectivity index (χ2n) is 6.96. The fourth-order valence-electron chi connectivity index (χ4n) is 3.46. The first-order chi connectivity index (χ1) is 14.1. The van der Waals surface area contributed by atoms with Crippen molar-refractivity contribution in [2.75, 3.05) is 6.54 Å². The van der Waals surface area contributed by atoms with Gasteiger partial charge in [0.1, 0.15) is 6.54 Å². The molecule has 144 valence electrons. The minimum absolute atomic E-state index is 0.271. The molecule has 0 atom stereocenters. The molecule has 0 unspecified atom stereocenters. The van der Waals surface area contributed by atoms with E-state index in [1.165, 1.54) is 0 Å². The highest BCUT2D eigenvalue weighted by molar-refractivity contribution is 6.22. The van der Waals surface area contributed by atoms with Gasteiger partial charge in [0.25, 0.3) is 11.8 Å². The first-order valence-corrected chi connectivity index (χ1v) is 9.44. The monoisotopic (exact) mass is 384 g/mol. The third kappa shape index (κ3) is 3.94. The highest BCUT2D eigenvalue weighted by Gasteiger charge is 2.37. The quantitative estimate of drug-likeness (QED) is 0.611. The van der Waals surface area contributed by atoms with Gasteiger partial charge in [-0.2, -0.15) is 0 Å². The number of amides is 3. The van der Waals surface area contributed by atoms with E-state index in [1.54, 1.807) is 29.2 Å². The van der Waals surface area contributed by atoms with E-state index >= 15 is 0 Å². The second-order valence-corrected chi connectivity index (χ2v) is 6.96. The first-order valence-electron chi connectivity index (χ1n) is 9.44. The van der Waals surface area contributed by atoms with Gasteiger partial charge < -0.3 is 4.90 Å². The van der Waals surface area contributed by atoms with Crippen molar-refractivity contribution < 1.29 is 14.4 Å². The Morgan fingerprint density at radius 3 is 1.52 bits per heavy atom. The van der Waals surface area contributed by atoms with Crippen LogP contribution in [0.4, 0.5) is 0 Å². The number of nitrogens with zero attached hydrogens (tertiary/aromatic N) is 2. The molecule has 0 N–H and O–H groups in total. The molecule has 0 fully saturated rings. The summed E-state index contributed by atoms with van der Waals surface area (Å²) in [5.41, 5.74) is 2.67. The number of carbonyl (C=O) groups excluding carboxylic acids is 3. The van der Waals surface area contributed by atoms with E-state index in [4.69, 9.17) is 0 Å². The summed E-state index contributed by atoms with van der Waals surface area (Å²) in [6.45, 7) is 0.529. The second kappa shape index (κ2) is 8.10. The number of benzene rings is 3. The van der Waals surface area contributed by atoms with Gasteiger partial charge in [-0.3, -0.25) is 19.3 Å². The van der Waals surface area contributed by atoms with Crippen LogP contribution in [0.1, 0.15) is 31.8 Å². The molecule has 0 aromatic heterocycles. The predicted octanol–water partition coefficient (Wildman–Crippen LogP) is 3.51. The van der Waals surface area contributed by atoms with E-state index in [1.807, 2.05) is 60.7 Å². The van der Waals surface area contributed by atoms with Crippen LogP contribution >= 0.6 is 0 Å². The van der Waals surface area contributed by atoms with Crippen LogP contribution in [-0.4, -0.2) is 34.1 Å². The molecule has 0 radical (unpaired) electrons. The average Bonchev–Trinajstić information content (AvgIpc) is 3.00. The number of carbonyl (C=O) groups is 3. The lowest BCUT2D eigenvalue weighted by Gasteiger charge is -2.25. The van der Waals surface area contributed by atoms with Crippen LogP contribution in [0.3, 0.4) is 0 Å². The van der Waals surface area contributed by atoms with E-state index < -0.39 is 11.8 Å². The van der Waals surface area contributed by atoms with Crippen LogP contribution in [-0.2, 0) is 17.9 Å². The van der Waals surface area contributed by atoms with Gasteiger partial charge in [-0.05, 0) is 23.3 Å². The van der Waals surface area contributed by atoms with Crippen LogP contribution in [0, 0.1) is 0 Å². The molecular formula is C24H20N2O3. The smallest absolute Gasteiger partial charge is 0.262 e. The van der Waals surface area contributed by atoms with Crippen LogP contribution in [0.25, 0.3) is 0 Å². The Kier molecular flexibility index (Phi) is 5.20. The summed E-state index contributed by atoms with van der Waals surface area (Å²) in [7, 11) is 0. The van der Waals surface area contributed by atoms with Crippen molar-refractivity contribution in [2.24, 2.45) is 0 Å². The Balaban J connectivity index is 1.55. The minimum atomic E-state index is -0.418. The fourth-order valence-corrected chi connectivity index (χ4v) is 3.46. The molecule has 3 amide bonds. The predicted molar refractivity (Wildman–Crippen MR) is 109 cm³/mol. The Bertz CT molecular complexity index is 971. The van der Waals surface area contributed by atoms with Gasteiger partial charge in [0.2, 0.25) is 5.91 Å². The van der Waals surface area contributed by atoms with E-state index in [0.717, 1.165) is 16.0 Å². The molecule has 0 saturated heterocycles. The maximum atomic E-state index is 13.1. The highest BCUT2D eigenvalue weighted by atomic mass is 16.2. The summed E-state index contributed by atoms with van der Waals surface area (Å²) in [6, 6.07) is 26.0. The molecule has 0 bridgehead atoms. The third-order valence-electron chi connectivity index (χ3n) is 4.96. The van der Waals surface area contributed by atoms with Gasteiger partial charge in [-0.15, -0.1) is 0 Å². The molecule has 3 aromatic carbocycles. The molecule has 1 aliphatic rings. The highest BCUT2D eigenvalue weighted by Crippen LogP contribution is 2.22. The van der Waals surface area contributed by atoms with Crippen molar-refractivity contribution in [3.63, 3.8) is 0 Å². The molecule has 0 saturated carbocycles. The molecule has 3 aromatic rings. The van der Waals surface area contributed by atoms with Crippen molar-refractivity contribution >= 4 is 17.7 Å². The van der Waals surface area contributed by atoms with Crippen molar-refractivity contribution in [3.8, 4) is 0 Å². The summed E-state index contributed by atoms with van der Waals surface area (Å²) in [4.78, 5) is 41.1. The maximum absolute atomic E-state index is 13.1. The Hall–Kier alpha value is -3.73. The molecular weight excluding hydrogens is 364 g/mol. The topological polar surface area (TPSA) is 57.7 Å². The SMILES string of the molecule is O=C(CN1C(=O)c2ccccc2C1=O)N(Cc1ccccc1)Cc1ccccc1. The number of fused-ring (bicyclic) bond motifs is 1. The third-order valence-corrected chi connectivity index (χ3v) is 4.96. The number of hydrogen-bond acceptors (Lipinski definition) is 3. The molecule has 0 spiro atoms. The lowest BCUT2D eigenvalue weighted by Crippen LogP contribution is -2.42. The molecule has 1 heterocycles. The van der Waals surface area contributed by atoms with Crippen LogP contribution in [0.5, 0.6) is 0 Å². The lowest BCUT2D eigenvalue weighted by atomic mass is 10.1. The molecule has 29 heavy (non-hydrogen) atoms. The largest absolute Gasteiger partial charge is 0.332 e. The normalized spacial score (nSPS) is 12.8. The van der Waals surface area contributed by atoms with Crippen molar-refractivity contribution in [1.82, 2.24) is 9.80 Å². The lowest BCUT2D eigenvalue weighted by molar-refractivity contribution is -0.132. The van der Waals surface area contributed by atoms with Gasteiger partial charge >= 0.3 is 0 Å². The zero-order chi connectivity index (χ0) is 20.2. The van der Waals surface area contributed by atoms with Crippen molar-refractivity contribution in [3.05, 3.63) is 107 Å². The van der Waals surface area contributed by atoms with Crippen molar-refractivity contribution in [2.45, 2.75) is 13.1 Å². The van der Waals surface area contributed by atoms with Gasteiger partial charge in [0, 0.05) is 13.1 Å². The van der Waals surface area contributed by atoms with Gasteiger partial charge in [-0.25, -0.2) is 0 Å². The Morgan fingerprint density at radius 1 is 0.655 bits per heavy atom. The van der Waals surface area contributed by atoms with Crippen molar-refractivity contribution in [1.29, 1.82) is 0 Å². The van der Waals surface area contributed by atoms with Crippen LogP contribution < -0.4 is 0 Å². The van der Waals surface area contributed by atoms with E-state index in [-0.39, 0.29) is 12.5 Å². The summed E-state index contributed by atoms with van der Waals surface area (Å²) in [6.07, 6.45) is 0. The summed E-state index contributed by atoms with van der Waals surface area (Å²) < 4.78 is 0. The van der Waals surface area contributed by atoms with Crippen LogP contribution in [0.15, 0.2) is 84.9 Å². The fraction of sp³-hybridized carbons (Fsp3) is 0.125. The molecule has 4 rings (SSSR count).